The Morgan fingerprint density at radius 2 is 0.507 bits per heavy atom. The maximum absolute atomic E-state index is 12.9. The number of hydrogen-bond acceptors (Lipinski definition) is 6. The lowest BCUT2D eigenvalue weighted by molar-refractivity contribution is -0.167. The second-order valence-corrected chi connectivity index (χ2v) is 21.0. The lowest BCUT2D eigenvalue weighted by Gasteiger charge is -2.18. The van der Waals surface area contributed by atoms with Gasteiger partial charge in [0.25, 0.3) is 0 Å². The van der Waals surface area contributed by atoms with Crippen LogP contribution < -0.4 is 0 Å². The Morgan fingerprint density at radius 3 is 0.803 bits per heavy atom. The van der Waals surface area contributed by atoms with Gasteiger partial charge >= 0.3 is 17.9 Å². The van der Waals surface area contributed by atoms with Crippen molar-refractivity contribution in [2.45, 2.75) is 335 Å². The van der Waals surface area contributed by atoms with Gasteiger partial charge in [-0.05, 0) is 103 Å². The molecule has 0 radical (unpaired) electrons. The lowest BCUT2D eigenvalue weighted by atomic mass is 10.0. The molecule has 1 unspecified atom stereocenters. The molecule has 0 aliphatic heterocycles. The zero-order chi connectivity index (χ0) is 51.4. The van der Waals surface area contributed by atoms with E-state index in [1.165, 1.54) is 212 Å². The minimum atomic E-state index is -0.780. The van der Waals surface area contributed by atoms with Crippen LogP contribution in [0, 0.1) is 0 Å². The largest absolute Gasteiger partial charge is 0.462 e. The van der Waals surface area contributed by atoms with E-state index >= 15 is 0 Å². The Balaban J connectivity index is 4.26. The average molecular weight is 996 g/mol. The maximum Gasteiger partial charge on any atom is 0.306 e. The summed E-state index contributed by atoms with van der Waals surface area (Å²) in [5, 5.41) is 0. The van der Waals surface area contributed by atoms with Crippen LogP contribution in [-0.2, 0) is 28.6 Å². The van der Waals surface area contributed by atoms with Crippen molar-refractivity contribution in [2.24, 2.45) is 0 Å². The summed E-state index contributed by atoms with van der Waals surface area (Å²) in [6.45, 7) is 6.63. The second kappa shape index (κ2) is 59.9. The van der Waals surface area contributed by atoms with Crippen LogP contribution in [0.15, 0.2) is 48.6 Å². The highest BCUT2D eigenvalue weighted by molar-refractivity contribution is 5.71. The van der Waals surface area contributed by atoms with Crippen LogP contribution in [0.3, 0.4) is 0 Å². The molecule has 0 fully saturated rings. The third kappa shape index (κ3) is 58.1. The monoisotopic (exact) mass is 995 g/mol. The first-order valence-corrected chi connectivity index (χ1v) is 31.1. The number of unbranched alkanes of at least 4 members (excludes halogenated alkanes) is 38. The normalized spacial score (nSPS) is 12.3. The molecule has 0 aromatic heterocycles. The fourth-order valence-electron chi connectivity index (χ4n) is 9.05. The first-order chi connectivity index (χ1) is 35.0. The minimum Gasteiger partial charge on any atom is -0.462 e. The van der Waals surface area contributed by atoms with Gasteiger partial charge < -0.3 is 14.2 Å². The van der Waals surface area contributed by atoms with Crippen LogP contribution in [0.2, 0.25) is 0 Å². The van der Waals surface area contributed by atoms with Crippen LogP contribution in [-0.4, -0.2) is 37.2 Å². The Kier molecular flexibility index (Phi) is 57.7. The van der Waals surface area contributed by atoms with Gasteiger partial charge in [-0.1, -0.05) is 256 Å². The van der Waals surface area contributed by atoms with Gasteiger partial charge in [0.15, 0.2) is 6.10 Å². The van der Waals surface area contributed by atoms with Crippen molar-refractivity contribution < 1.29 is 28.6 Å². The molecule has 1 atom stereocenters. The Bertz CT molecular complexity index is 1230. The third-order valence-electron chi connectivity index (χ3n) is 13.8. The Morgan fingerprint density at radius 1 is 0.282 bits per heavy atom. The van der Waals surface area contributed by atoms with E-state index in [1.807, 2.05) is 0 Å². The van der Waals surface area contributed by atoms with E-state index in [1.54, 1.807) is 0 Å². The van der Waals surface area contributed by atoms with Gasteiger partial charge in [0.2, 0.25) is 0 Å². The highest BCUT2D eigenvalue weighted by Gasteiger charge is 2.19. The van der Waals surface area contributed by atoms with Crippen molar-refractivity contribution >= 4 is 17.9 Å². The molecule has 0 aromatic rings. The molecule has 0 spiro atoms. The summed E-state index contributed by atoms with van der Waals surface area (Å²) < 4.78 is 16.9. The van der Waals surface area contributed by atoms with Gasteiger partial charge in [0.05, 0.1) is 0 Å². The van der Waals surface area contributed by atoms with Crippen molar-refractivity contribution in [2.75, 3.05) is 13.2 Å². The van der Waals surface area contributed by atoms with E-state index < -0.39 is 6.10 Å². The summed E-state index contributed by atoms with van der Waals surface area (Å²) in [6.07, 6.45) is 74.0. The standard InChI is InChI=1S/C65H118O6/c1-4-7-10-13-16-19-22-25-27-28-29-30-31-32-33-34-35-36-38-40-43-46-49-52-55-58-64(67)70-61-62(60-69-63(66)57-54-51-48-45-42-39-24-21-18-15-12-9-6-3)71-65(68)59-56-53-50-47-44-41-37-26-23-20-17-14-11-8-5-2/h21-22,24-26,28-29,37,62H,4-20,23,27,30-36,38-61H2,1-3H3/b24-21-,25-22-,29-28-,37-26-. The molecule has 0 N–H and O–H groups in total. The number of carbonyl (C=O) groups is 3. The first kappa shape index (κ1) is 68.4. The summed E-state index contributed by atoms with van der Waals surface area (Å²) in [7, 11) is 0. The zero-order valence-electron chi connectivity index (χ0n) is 47.5. The van der Waals surface area contributed by atoms with Gasteiger partial charge in [-0.25, -0.2) is 0 Å². The predicted molar refractivity (Wildman–Crippen MR) is 307 cm³/mol. The molecule has 6 nitrogen and oxygen atoms in total. The second-order valence-electron chi connectivity index (χ2n) is 21.0. The average Bonchev–Trinajstić information content (AvgIpc) is 3.37. The van der Waals surface area contributed by atoms with Gasteiger partial charge in [-0.2, -0.15) is 0 Å². The fraction of sp³-hybridized carbons (Fsp3) is 0.831. The molecule has 0 rings (SSSR count). The van der Waals surface area contributed by atoms with Crippen molar-refractivity contribution in [1.29, 1.82) is 0 Å². The number of ether oxygens (including phenoxy) is 3. The number of hydrogen-bond donors (Lipinski definition) is 0. The summed E-state index contributed by atoms with van der Waals surface area (Å²) in [5.41, 5.74) is 0. The van der Waals surface area contributed by atoms with Crippen LogP contribution in [0.5, 0.6) is 0 Å². The molecular weight excluding hydrogens is 877 g/mol. The van der Waals surface area contributed by atoms with Crippen LogP contribution in [0.1, 0.15) is 329 Å². The maximum atomic E-state index is 12.9. The third-order valence-corrected chi connectivity index (χ3v) is 13.8. The Labute approximate surface area is 441 Å². The summed E-state index contributed by atoms with van der Waals surface area (Å²) in [5.74, 6) is -0.880. The highest BCUT2D eigenvalue weighted by atomic mass is 16.6. The van der Waals surface area contributed by atoms with Gasteiger partial charge in [-0.3, -0.25) is 14.4 Å². The minimum absolute atomic E-state index is 0.0772. The molecule has 0 bridgehead atoms. The van der Waals surface area contributed by atoms with Crippen molar-refractivity contribution in [3.63, 3.8) is 0 Å². The number of esters is 3. The van der Waals surface area contributed by atoms with Gasteiger partial charge in [-0.15, -0.1) is 0 Å². The molecule has 0 heterocycles. The van der Waals surface area contributed by atoms with Gasteiger partial charge in [0, 0.05) is 19.3 Å². The molecule has 0 amide bonds. The quantitative estimate of drug-likeness (QED) is 0.0261. The smallest absolute Gasteiger partial charge is 0.306 e. The fourth-order valence-corrected chi connectivity index (χ4v) is 9.05. The van der Waals surface area contributed by atoms with E-state index in [9.17, 15) is 14.4 Å². The number of carbonyl (C=O) groups excluding carboxylic acids is 3. The molecule has 0 saturated heterocycles. The van der Waals surface area contributed by atoms with E-state index in [0.29, 0.717) is 19.3 Å². The van der Waals surface area contributed by atoms with E-state index in [0.717, 1.165) is 77.0 Å². The molecule has 6 heteroatoms. The first-order valence-electron chi connectivity index (χ1n) is 31.1. The summed E-state index contributed by atoms with van der Waals surface area (Å²) in [6, 6.07) is 0. The lowest BCUT2D eigenvalue weighted by Crippen LogP contribution is -2.30. The topological polar surface area (TPSA) is 78.9 Å². The molecule has 0 saturated carbocycles. The van der Waals surface area contributed by atoms with Crippen molar-refractivity contribution in [3.05, 3.63) is 48.6 Å². The molecular formula is C65H118O6. The molecule has 0 aliphatic carbocycles. The molecule has 0 aromatic carbocycles. The predicted octanol–water partition coefficient (Wildman–Crippen LogP) is 21.0. The summed E-state index contributed by atoms with van der Waals surface area (Å²) >= 11 is 0. The van der Waals surface area contributed by atoms with E-state index in [2.05, 4.69) is 69.4 Å². The van der Waals surface area contributed by atoms with E-state index in [-0.39, 0.29) is 31.1 Å². The molecule has 71 heavy (non-hydrogen) atoms. The van der Waals surface area contributed by atoms with E-state index in [4.69, 9.17) is 14.2 Å². The Hall–Kier alpha value is -2.63. The van der Waals surface area contributed by atoms with Crippen molar-refractivity contribution in [3.8, 4) is 0 Å². The molecule has 0 aliphatic rings. The summed E-state index contributed by atoms with van der Waals surface area (Å²) in [4.78, 5) is 38.2. The van der Waals surface area contributed by atoms with Crippen molar-refractivity contribution in [1.82, 2.24) is 0 Å². The van der Waals surface area contributed by atoms with Gasteiger partial charge in [0.1, 0.15) is 13.2 Å². The van der Waals surface area contributed by atoms with Crippen LogP contribution in [0.4, 0.5) is 0 Å². The highest BCUT2D eigenvalue weighted by Crippen LogP contribution is 2.16. The molecule has 414 valence electrons. The van der Waals surface area contributed by atoms with Crippen LogP contribution in [0.25, 0.3) is 0 Å². The number of rotatable bonds is 57. The SMILES string of the molecule is CCCCCC/C=C\CCCCCCCC(=O)OCC(COC(=O)CCCCCCCCCCCCCCC/C=C\C/C=C\CCCCCCC)OC(=O)CCCCCCC/C=C\CCCCCCCC. The van der Waals surface area contributed by atoms with Crippen LogP contribution >= 0.6 is 0 Å². The number of allylic oxidation sites excluding steroid dienone is 8. The zero-order valence-corrected chi connectivity index (χ0v) is 47.5.